The van der Waals surface area contributed by atoms with Gasteiger partial charge in [0.25, 0.3) is 10.0 Å². The normalized spacial score (nSPS) is 12.0. The molecule has 6 heteroatoms. The quantitative estimate of drug-likeness (QED) is 0.750. The summed E-state index contributed by atoms with van der Waals surface area (Å²) in [4.78, 5) is 0.279. The van der Waals surface area contributed by atoms with Crippen molar-refractivity contribution in [1.29, 1.82) is 0 Å². The van der Waals surface area contributed by atoms with Crippen molar-refractivity contribution in [3.8, 4) is 0 Å². The van der Waals surface area contributed by atoms with Crippen LogP contribution in [0.2, 0.25) is 0 Å². The molecule has 0 radical (unpaired) electrons. The first-order valence-electron chi connectivity index (χ1n) is 8.31. The maximum absolute atomic E-state index is 13.4. The van der Waals surface area contributed by atoms with E-state index in [1.807, 2.05) is 45.9 Å². The number of aromatic nitrogens is 2. The number of aromatic amines is 1. The summed E-state index contributed by atoms with van der Waals surface area (Å²) in [5.41, 5.74) is 3.62. The standard InChI is InChI=1S/C19H23N3O2S/c1-13(2)12-22(17-8-14(3)7-15(4)9-17)25(23,24)18-5-6-19-16(10-18)11-20-21-19/h5-11,13H,12H2,1-4H3,(H,20,21). The molecule has 0 spiro atoms. The van der Waals surface area contributed by atoms with Crippen molar-refractivity contribution in [1.82, 2.24) is 10.2 Å². The molecule has 2 aromatic carbocycles. The molecule has 0 aliphatic carbocycles. The van der Waals surface area contributed by atoms with Gasteiger partial charge < -0.3 is 0 Å². The van der Waals surface area contributed by atoms with Crippen molar-refractivity contribution in [2.75, 3.05) is 10.8 Å². The zero-order valence-electron chi connectivity index (χ0n) is 14.9. The third-order valence-corrected chi connectivity index (χ3v) is 5.81. The van der Waals surface area contributed by atoms with E-state index in [9.17, 15) is 8.42 Å². The van der Waals surface area contributed by atoms with Gasteiger partial charge in [-0.15, -0.1) is 0 Å². The van der Waals surface area contributed by atoms with Crippen LogP contribution in [0.25, 0.3) is 10.9 Å². The van der Waals surface area contributed by atoms with Crippen molar-refractivity contribution in [2.45, 2.75) is 32.6 Å². The van der Waals surface area contributed by atoms with Crippen LogP contribution in [-0.4, -0.2) is 25.2 Å². The minimum Gasteiger partial charge on any atom is -0.278 e. The summed E-state index contributed by atoms with van der Waals surface area (Å²) in [6.45, 7) is 8.42. The van der Waals surface area contributed by atoms with E-state index >= 15 is 0 Å². The van der Waals surface area contributed by atoms with Gasteiger partial charge in [-0.25, -0.2) is 8.42 Å². The highest BCUT2D eigenvalue weighted by Gasteiger charge is 2.26. The molecule has 0 saturated heterocycles. The Kier molecular flexibility index (Phi) is 4.56. The smallest absolute Gasteiger partial charge is 0.264 e. The molecule has 0 unspecified atom stereocenters. The van der Waals surface area contributed by atoms with E-state index in [2.05, 4.69) is 10.2 Å². The molecule has 0 atom stereocenters. The second-order valence-electron chi connectivity index (χ2n) is 6.89. The molecule has 132 valence electrons. The highest BCUT2D eigenvalue weighted by atomic mass is 32.2. The number of aryl methyl sites for hydroxylation is 2. The van der Waals surface area contributed by atoms with Gasteiger partial charge in [-0.2, -0.15) is 5.10 Å². The number of anilines is 1. The Hall–Kier alpha value is -2.34. The van der Waals surface area contributed by atoms with Crippen molar-refractivity contribution in [3.05, 3.63) is 53.7 Å². The first-order chi connectivity index (χ1) is 11.8. The van der Waals surface area contributed by atoms with Crippen LogP contribution in [0.3, 0.4) is 0 Å². The highest BCUT2D eigenvalue weighted by Crippen LogP contribution is 2.28. The molecule has 0 aliphatic heterocycles. The molecule has 0 saturated carbocycles. The Bertz CT molecular complexity index is 986. The van der Waals surface area contributed by atoms with Crippen LogP contribution in [0.5, 0.6) is 0 Å². The molecule has 5 nitrogen and oxygen atoms in total. The first kappa shape index (κ1) is 17.5. The predicted octanol–water partition coefficient (Wildman–Crippen LogP) is 4.03. The van der Waals surface area contributed by atoms with E-state index < -0.39 is 10.0 Å². The van der Waals surface area contributed by atoms with Gasteiger partial charge in [0.15, 0.2) is 0 Å². The Balaban J connectivity index is 2.13. The van der Waals surface area contributed by atoms with Gasteiger partial charge in [0, 0.05) is 11.9 Å². The molecule has 0 fully saturated rings. The largest absolute Gasteiger partial charge is 0.278 e. The van der Waals surface area contributed by atoms with Crippen molar-refractivity contribution in [3.63, 3.8) is 0 Å². The Labute approximate surface area is 148 Å². The minimum absolute atomic E-state index is 0.202. The lowest BCUT2D eigenvalue weighted by atomic mass is 10.1. The molecule has 3 aromatic rings. The van der Waals surface area contributed by atoms with E-state index in [-0.39, 0.29) is 10.8 Å². The van der Waals surface area contributed by atoms with E-state index in [0.29, 0.717) is 12.2 Å². The SMILES string of the molecule is Cc1cc(C)cc(N(CC(C)C)S(=O)(=O)c2ccc3[nH]ncc3c2)c1. The van der Waals surface area contributed by atoms with Crippen molar-refractivity contribution < 1.29 is 8.42 Å². The predicted molar refractivity (Wildman–Crippen MR) is 101 cm³/mol. The van der Waals surface area contributed by atoms with E-state index in [0.717, 1.165) is 22.0 Å². The number of rotatable bonds is 5. The molecular formula is C19H23N3O2S. The number of nitrogens with zero attached hydrogens (tertiary/aromatic N) is 2. The molecule has 1 N–H and O–H groups in total. The summed E-state index contributed by atoms with van der Waals surface area (Å²) in [5, 5.41) is 7.60. The number of sulfonamides is 1. The Morgan fingerprint density at radius 3 is 2.40 bits per heavy atom. The molecule has 1 aromatic heterocycles. The Morgan fingerprint density at radius 2 is 1.76 bits per heavy atom. The lowest BCUT2D eigenvalue weighted by Crippen LogP contribution is -2.34. The maximum atomic E-state index is 13.4. The third-order valence-electron chi connectivity index (χ3n) is 4.03. The summed E-state index contributed by atoms with van der Waals surface area (Å²) in [5.74, 6) is 0.202. The number of fused-ring (bicyclic) bond motifs is 1. The molecule has 1 heterocycles. The van der Waals surface area contributed by atoms with Crippen LogP contribution in [-0.2, 0) is 10.0 Å². The van der Waals surface area contributed by atoms with Gasteiger partial charge in [-0.05, 0) is 61.2 Å². The van der Waals surface area contributed by atoms with Gasteiger partial charge in [-0.3, -0.25) is 9.40 Å². The number of hydrogen-bond acceptors (Lipinski definition) is 3. The van der Waals surface area contributed by atoms with Gasteiger partial charge >= 0.3 is 0 Å². The summed E-state index contributed by atoms with van der Waals surface area (Å²) in [6.07, 6.45) is 1.64. The van der Waals surface area contributed by atoms with E-state index in [1.54, 1.807) is 24.4 Å². The average Bonchev–Trinajstić information content (AvgIpc) is 2.98. The van der Waals surface area contributed by atoms with E-state index in [4.69, 9.17) is 0 Å². The fourth-order valence-electron chi connectivity index (χ4n) is 2.98. The second kappa shape index (κ2) is 6.52. The topological polar surface area (TPSA) is 66.1 Å². The number of hydrogen-bond donors (Lipinski definition) is 1. The van der Waals surface area contributed by atoms with Crippen LogP contribution in [0.15, 0.2) is 47.5 Å². The number of H-pyrrole nitrogens is 1. The fourth-order valence-corrected chi connectivity index (χ4v) is 4.62. The second-order valence-corrected chi connectivity index (χ2v) is 8.76. The first-order valence-corrected chi connectivity index (χ1v) is 9.75. The van der Waals surface area contributed by atoms with Crippen LogP contribution < -0.4 is 4.31 Å². The van der Waals surface area contributed by atoms with Crippen molar-refractivity contribution >= 4 is 26.6 Å². The van der Waals surface area contributed by atoms with E-state index in [1.165, 1.54) is 4.31 Å². The van der Waals surface area contributed by atoms with Gasteiger partial charge in [0.2, 0.25) is 0 Å². The molecular weight excluding hydrogens is 334 g/mol. The van der Waals surface area contributed by atoms with Crippen molar-refractivity contribution in [2.24, 2.45) is 5.92 Å². The monoisotopic (exact) mass is 357 g/mol. The lowest BCUT2D eigenvalue weighted by Gasteiger charge is -2.27. The van der Waals surface area contributed by atoms with Gasteiger partial charge in [0.05, 0.1) is 22.3 Å². The average molecular weight is 357 g/mol. The molecule has 0 aliphatic rings. The van der Waals surface area contributed by atoms with Crippen LogP contribution in [0, 0.1) is 19.8 Å². The maximum Gasteiger partial charge on any atom is 0.264 e. The molecule has 0 bridgehead atoms. The zero-order valence-corrected chi connectivity index (χ0v) is 15.8. The molecule has 25 heavy (non-hydrogen) atoms. The summed E-state index contributed by atoms with van der Waals surface area (Å²) < 4.78 is 28.2. The number of nitrogens with one attached hydrogen (secondary N) is 1. The summed E-state index contributed by atoms with van der Waals surface area (Å²) in [6, 6.07) is 10.9. The lowest BCUT2D eigenvalue weighted by molar-refractivity contribution is 0.578. The minimum atomic E-state index is -3.66. The van der Waals surface area contributed by atoms with Crippen LogP contribution >= 0.6 is 0 Å². The third kappa shape index (κ3) is 3.54. The molecule has 0 amide bonds. The highest BCUT2D eigenvalue weighted by molar-refractivity contribution is 7.92. The summed E-state index contributed by atoms with van der Waals surface area (Å²) >= 11 is 0. The Morgan fingerprint density at radius 1 is 1.08 bits per heavy atom. The van der Waals surface area contributed by atoms with Crippen LogP contribution in [0.4, 0.5) is 5.69 Å². The molecule has 3 rings (SSSR count). The number of benzene rings is 2. The zero-order chi connectivity index (χ0) is 18.2. The van der Waals surface area contributed by atoms with Crippen LogP contribution in [0.1, 0.15) is 25.0 Å². The fraction of sp³-hybridized carbons (Fsp3) is 0.316. The summed E-state index contributed by atoms with van der Waals surface area (Å²) in [7, 11) is -3.66. The van der Waals surface area contributed by atoms with Gasteiger partial charge in [0.1, 0.15) is 0 Å². The van der Waals surface area contributed by atoms with Gasteiger partial charge in [-0.1, -0.05) is 19.9 Å².